The summed E-state index contributed by atoms with van der Waals surface area (Å²) < 4.78 is 24.8. The van der Waals surface area contributed by atoms with Crippen LogP contribution >= 0.6 is 0 Å². The summed E-state index contributed by atoms with van der Waals surface area (Å²) >= 11 is 0. The first-order valence-corrected chi connectivity index (χ1v) is 13.8. The Morgan fingerprint density at radius 3 is 2.54 bits per heavy atom. The van der Waals surface area contributed by atoms with E-state index in [2.05, 4.69) is 0 Å². The van der Waals surface area contributed by atoms with Gasteiger partial charge in [-0.2, -0.15) is 0 Å². The van der Waals surface area contributed by atoms with E-state index in [9.17, 15) is 34.5 Å². The maximum Gasteiger partial charge on any atom is 0.342 e. The van der Waals surface area contributed by atoms with Crippen molar-refractivity contribution in [3.8, 4) is 0 Å². The molecule has 2 spiro atoms. The van der Waals surface area contributed by atoms with Gasteiger partial charge in [0.25, 0.3) is 0 Å². The summed E-state index contributed by atoms with van der Waals surface area (Å²) in [5.41, 5.74) is -10.2. The first-order chi connectivity index (χ1) is 18.2. The minimum Gasteiger partial charge on any atom is -0.458 e. The van der Waals surface area contributed by atoms with Gasteiger partial charge < -0.3 is 34.3 Å². The number of hydrogen-bond donors (Lipinski definition) is 3. The van der Waals surface area contributed by atoms with Crippen molar-refractivity contribution in [1.82, 2.24) is 0 Å². The third kappa shape index (κ3) is 2.13. The van der Waals surface area contributed by atoms with Gasteiger partial charge in [0.15, 0.2) is 28.4 Å². The van der Waals surface area contributed by atoms with Crippen LogP contribution in [0, 0.1) is 34.5 Å². The van der Waals surface area contributed by atoms with Crippen molar-refractivity contribution in [1.29, 1.82) is 0 Å². The molecular formula is C28H32O11. The molecule has 210 valence electrons. The minimum atomic E-state index is -2.34. The number of hydrogen-bond acceptors (Lipinski definition) is 11. The Hall–Kier alpha value is -2.18. The van der Waals surface area contributed by atoms with Crippen molar-refractivity contribution in [2.75, 3.05) is 6.61 Å². The molecule has 5 saturated heterocycles. The van der Waals surface area contributed by atoms with E-state index in [0.29, 0.717) is 0 Å². The molecule has 5 aliphatic heterocycles. The Morgan fingerprint density at radius 2 is 1.79 bits per heavy atom. The second-order valence-corrected chi connectivity index (χ2v) is 13.8. The first-order valence-electron chi connectivity index (χ1n) is 13.8. The number of ketones is 2. The van der Waals surface area contributed by atoms with Gasteiger partial charge in [-0.15, -0.1) is 0 Å². The number of aliphatic hydroxyl groups is 3. The van der Waals surface area contributed by atoms with Crippen LogP contribution in [-0.2, 0) is 38.1 Å². The SMILES string of the molecule is C[C@@]12C[C@H]3OC(=O)[C@H]1CO[C@]14O[C@@]5([C@@H]2C1=O)[C@@]3(C)OC(=O)[C@@]5(O)CC[C@H]1[C@H]4[C@H](O)C[C@@]2(O)CC=CC(=O)[C@]12C. The maximum atomic E-state index is 14.9. The molecule has 0 aromatic rings. The molecule has 11 nitrogen and oxygen atoms in total. The predicted octanol–water partition coefficient (Wildman–Crippen LogP) is -0.277. The highest BCUT2D eigenvalue weighted by Gasteiger charge is 2.93. The van der Waals surface area contributed by atoms with E-state index in [-0.39, 0.29) is 44.5 Å². The molecule has 3 N–H and O–H groups in total. The smallest absolute Gasteiger partial charge is 0.342 e. The standard InChI is InChI=1S/C28H32O11/c1-22-10-16-24(3)28-18(22)19(31)27(39-28,36-11-13(22)20(32)37-16)17-12(6-8-26(28,35)21(33)38-24)23(2)15(30)5-4-7-25(23,34)9-14(17)29/h4-5,12-14,16-18,29,34-35H,6-11H2,1-3H3/t12-,13+,14+,16+,17-,18+,22+,23-,24-,25-,26-,27+,28-/m0/s1. The molecule has 39 heavy (non-hydrogen) atoms. The average molecular weight is 545 g/mol. The quantitative estimate of drug-likeness (QED) is 0.344. The Labute approximate surface area is 223 Å². The van der Waals surface area contributed by atoms with Gasteiger partial charge in [-0.1, -0.05) is 13.0 Å². The van der Waals surface area contributed by atoms with Crippen LogP contribution in [0.1, 0.15) is 52.9 Å². The topological polar surface area (TPSA) is 166 Å². The lowest BCUT2D eigenvalue weighted by Crippen LogP contribution is -2.79. The summed E-state index contributed by atoms with van der Waals surface area (Å²) in [6, 6.07) is 0. The number of fused-ring (bicyclic) bond motifs is 5. The van der Waals surface area contributed by atoms with Crippen molar-refractivity contribution < 1.29 is 53.4 Å². The lowest BCUT2D eigenvalue weighted by atomic mass is 9.46. The van der Waals surface area contributed by atoms with Crippen molar-refractivity contribution in [3.05, 3.63) is 12.2 Å². The van der Waals surface area contributed by atoms with Crippen molar-refractivity contribution in [2.45, 2.75) is 93.3 Å². The predicted molar refractivity (Wildman–Crippen MR) is 125 cm³/mol. The molecule has 0 radical (unpaired) electrons. The van der Waals surface area contributed by atoms with Crippen LogP contribution in [0.3, 0.4) is 0 Å². The largest absolute Gasteiger partial charge is 0.458 e. The normalized spacial score (nSPS) is 62.0. The van der Waals surface area contributed by atoms with Gasteiger partial charge in [0.1, 0.15) is 6.10 Å². The maximum absolute atomic E-state index is 14.9. The number of carbonyl (C=O) groups is 4. The van der Waals surface area contributed by atoms with E-state index in [0.717, 1.165) is 0 Å². The molecule has 5 heterocycles. The van der Waals surface area contributed by atoms with E-state index < -0.39 is 92.6 Å². The summed E-state index contributed by atoms with van der Waals surface area (Å²) in [7, 11) is 0. The second kappa shape index (κ2) is 6.49. The molecule has 8 aliphatic rings. The van der Waals surface area contributed by atoms with E-state index in [4.69, 9.17) is 18.9 Å². The molecule has 13 atom stereocenters. The zero-order valence-electron chi connectivity index (χ0n) is 22.0. The first kappa shape index (κ1) is 24.6. The molecule has 0 unspecified atom stereocenters. The van der Waals surface area contributed by atoms with Gasteiger partial charge in [-0.25, -0.2) is 4.79 Å². The van der Waals surface area contributed by atoms with Crippen LogP contribution in [0.15, 0.2) is 12.2 Å². The third-order valence-electron chi connectivity index (χ3n) is 12.6. The highest BCUT2D eigenvalue weighted by atomic mass is 16.8. The number of aliphatic hydroxyl groups excluding tert-OH is 1. The number of allylic oxidation sites excluding steroid dienone is 1. The van der Waals surface area contributed by atoms with Crippen molar-refractivity contribution in [3.63, 3.8) is 0 Å². The summed E-state index contributed by atoms with van der Waals surface area (Å²) in [6.45, 7) is 4.68. The van der Waals surface area contributed by atoms with Gasteiger partial charge in [-0.05, 0) is 56.9 Å². The van der Waals surface area contributed by atoms with Gasteiger partial charge in [-0.3, -0.25) is 14.4 Å². The summed E-state index contributed by atoms with van der Waals surface area (Å²) in [6.07, 6.45) is 0.531. The van der Waals surface area contributed by atoms with Crippen molar-refractivity contribution >= 4 is 23.5 Å². The summed E-state index contributed by atoms with van der Waals surface area (Å²) in [5.74, 6) is -8.83. The van der Waals surface area contributed by atoms with Crippen LogP contribution in [0.5, 0.6) is 0 Å². The second-order valence-electron chi connectivity index (χ2n) is 13.8. The fourth-order valence-corrected chi connectivity index (χ4v) is 10.6. The molecule has 11 heteroatoms. The van der Waals surface area contributed by atoms with Gasteiger partial charge in [0.05, 0.1) is 41.5 Å². The third-order valence-corrected chi connectivity index (χ3v) is 12.6. The molecular weight excluding hydrogens is 512 g/mol. The highest BCUT2D eigenvalue weighted by molar-refractivity contribution is 6.00. The number of ether oxygens (including phenoxy) is 4. The molecule has 3 aliphatic carbocycles. The van der Waals surface area contributed by atoms with E-state index in [1.54, 1.807) is 19.9 Å². The molecule has 0 aromatic heterocycles. The zero-order valence-corrected chi connectivity index (χ0v) is 22.0. The molecule has 0 amide bonds. The summed E-state index contributed by atoms with van der Waals surface area (Å²) in [5, 5.41) is 35.9. The molecule has 7 fully saturated rings. The average Bonchev–Trinajstić information content (AvgIpc) is 3.17. The number of rotatable bonds is 0. The molecule has 0 aromatic carbocycles. The van der Waals surface area contributed by atoms with Gasteiger partial charge >= 0.3 is 11.9 Å². The van der Waals surface area contributed by atoms with Gasteiger partial charge in [0.2, 0.25) is 5.79 Å². The van der Waals surface area contributed by atoms with Crippen LogP contribution in [0.25, 0.3) is 0 Å². The van der Waals surface area contributed by atoms with Crippen LogP contribution in [-0.4, -0.2) is 85.8 Å². The van der Waals surface area contributed by atoms with Crippen molar-refractivity contribution in [2.24, 2.45) is 34.5 Å². The Kier molecular flexibility index (Phi) is 4.09. The van der Waals surface area contributed by atoms with Crippen LogP contribution in [0.4, 0.5) is 0 Å². The van der Waals surface area contributed by atoms with Crippen LogP contribution < -0.4 is 0 Å². The Bertz CT molecular complexity index is 1330. The summed E-state index contributed by atoms with van der Waals surface area (Å²) in [4.78, 5) is 55.5. The molecule has 2 saturated carbocycles. The van der Waals surface area contributed by atoms with Crippen LogP contribution in [0.2, 0.25) is 0 Å². The van der Waals surface area contributed by atoms with Gasteiger partial charge in [0, 0.05) is 6.42 Å². The zero-order chi connectivity index (χ0) is 27.8. The fourth-order valence-electron chi connectivity index (χ4n) is 10.6. The highest BCUT2D eigenvalue weighted by Crippen LogP contribution is 2.75. The lowest BCUT2D eigenvalue weighted by molar-refractivity contribution is -0.385. The monoisotopic (exact) mass is 544 g/mol. The van der Waals surface area contributed by atoms with E-state index in [1.165, 1.54) is 13.0 Å². The number of esters is 2. The Balaban J connectivity index is 1.44. The number of Topliss-reactive ketones (excluding diaryl/α,β-unsaturated/α-hetero) is 1. The molecule has 5 bridgehead atoms. The Morgan fingerprint density at radius 1 is 1.05 bits per heavy atom. The molecule has 8 rings (SSSR count). The number of carbonyl (C=O) groups excluding carboxylic acids is 4. The van der Waals surface area contributed by atoms with E-state index >= 15 is 0 Å². The lowest BCUT2D eigenvalue weighted by Gasteiger charge is -2.64. The van der Waals surface area contributed by atoms with E-state index in [1.807, 2.05) is 0 Å². The minimum absolute atomic E-state index is 0.00259. The fraction of sp³-hybridized carbons (Fsp3) is 0.786.